The van der Waals surface area contributed by atoms with Crippen LogP contribution in [-0.4, -0.2) is 41.4 Å². The molecule has 3 rings (SSSR count). The quantitative estimate of drug-likeness (QED) is 0.873. The van der Waals surface area contributed by atoms with Gasteiger partial charge >= 0.3 is 0 Å². The molecule has 1 aliphatic heterocycles. The maximum Gasteiger partial charge on any atom is 0.245 e. The highest BCUT2D eigenvalue weighted by Crippen LogP contribution is 2.18. The molecule has 1 fully saturated rings. The van der Waals surface area contributed by atoms with Gasteiger partial charge < -0.3 is 10.2 Å². The van der Waals surface area contributed by atoms with Crippen molar-refractivity contribution >= 4 is 5.95 Å². The number of aryl methyl sites for hydroxylation is 1. The van der Waals surface area contributed by atoms with Crippen LogP contribution in [0.2, 0.25) is 0 Å². The molecule has 0 bridgehead atoms. The van der Waals surface area contributed by atoms with Crippen molar-refractivity contribution in [3.8, 4) is 11.4 Å². The van der Waals surface area contributed by atoms with Crippen LogP contribution in [0.1, 0.15) is 12.5 Å². The highest BCUT2D eigenvalue weighted by atomic mass is 15.4. The summed E-state index contributed by atoms with van der Waals surface area (Å²) < 4.78 is 0. The first-order chi connectivity index (χ1) is 9.36. The van der Waals surface area contributed by atoms with Crippen LogP contribution in [0.15, 0.2) is 24.3 Å². The number of aromatic nitrogens is 3. The van der Waals surface area contributed by atoms with Gasteiger partial charge in [-0.1, -0.05) is 31.2 Å². The summed E-state index contributed by atoms with van der Waals surface area (Å²) in [6.45, 7) is 6.08. The second-order valence-electron chi connectivity index (χ2n) is 4.77. The van der Waals surface area contributed by atoms with Gasteiger partial charge in [-0.3, -0.25) is 5.10 Å². The number of aromatic amines is 1. The van der Waals surface area contributed by atoms with Gasteiger partial charge in [-0.15, -0.1) is 5.10 Å². The number of hydrogen-bond donors (Lipinski definition) is 2. The maximum atomic E-state index is 4.59. The second-order valence-corrected chi connectivity index (χ2v) is 4.77. The summed E-state index contributed by atoms with van der Waals surface area (Å²) in [5.41, 5.74) is 2.43. The van der Waals surface area contributed by atoms with Crippen LogP contribution in [0.5, 0.6) is 0 Å². The SMILES string of the molecule is CCc1ccc(-c2nc(N3CCNCC3)n[nH]2)cc1. The Morgan fingerprint density at radius 1 is 1.16 bits per heavy atom. The summed E-state index contributed by atoms with van der Waals surface area (Å²) in [6.07, 6.45) is 1.06. The van der Waals surface area contributed by atoms with Crippen molar-refractivity contribution in [2.75, 3.05) is 31.1 Å². The van der Waals surface area contributed by atoms with Crippen LogP contribution >= 0.6 is 0 Å². The molecule has 1 aromatic carbocycles. The summed E-state index contributed by atoms with van der Waals surface area (Å²) in [5.74, 6) is 1.65. The van der Waals surface area contributed by atoms with Gasteiger partial charge in [-0.25, -0.2) is 0 Å². The largest absolute Gasteiger partial charge is 0.337 e. The first-order valence-corrected chi connectivity index (χ1v) is 6.84. The van der Waals surface area contributed by atoms with Crippen molar-refractivity contribution in [2.24, 2.45) is 0 Å². The fourth-order valence-corrected chi connectivity index (χ4v) is 2.29. The van der Waals surface area contributed by atoms with Crippen molar-refractivity contribution in [1.29, 1.82) is 0 Å². The highest BCUT2D eigenvalue weighted by molar-refractivity contribution is 5.56. The van der Waals surface area contributed by atoms with Gasteiger partial charge in [0.05, 0.1) is 0 Å². The molecular formula is C14H19N5. The minimum Gasteiger partial charge on any atom is -0.337 e. The summed E-state index contributed by atoms with van der Waals surface area (Å²) in [4.78, 5) is 6.80. The van der Waals surface area contributed by atoms with E-state index in [9.17, 15) is 0 Å². The molecule has 1 aliphatic rings. The van der Waals surface area contributed by atoms with Gasteiger partial charge in [0.2, 0.25) is 5.95 Å². The van der Waals surface area contributed by atoms with Crippen molar-refractivity contribution in [3.05, 3.63) is 29.8 Å². The molecule has 0 spiro atoms. The Hall–Kier alpha value is -1.88. The first-order valence-electron chi connectivity index (χ1n) is 6.84. The monoisotopic (exact) mass is 257 g/mol. The van der Waals surface area contributed by atoms with E-state index in [1.807, 2.05) is 0 Å². The van der Waals surface area contributed by atoms with E-state index in [1.54, 1.807) is 0 Å². The molecular weight excluding hydrogens is 238 g/mol. The molecule has 5 nitrogen and oxygen atoms in total. The molecule has 1 aromatic heterocycles. The van der Waals surface area contributed by atoms with Crippen LogP contribution in [0.3, 0.4) is 0 Å². The second kappa shape index (κ2) is 5.40. The van der Waals surface area contributed by atoms with E-state index in [4.69, 9.17) is 0 Å². The van der Waals surface area contributed by atoms with E-state index < -0.39 is 0 Å². The van der Waals surface area contributed by atoms with Crippen molar-refractivity contribution in [3.63, 3.8) is 0 Å². The maximum absolute atomic E-state index is 4.59. The molecule has 0 aliphatic carbocycles. The van der Waals surface area contributed by atoms with Gasteiger partial charge in [0.15, 0.2) is 5.82 Å². The van der Waals surface area contributed by atoms with E-state index in [1.165, 1.54) is 5.56 Å². The molecule has 0 amide bonds. The van der Waals surface area contributed by atoms with Crippen LogP contribution in [-0.2, 0) is 6.42 Å². The summed E-state index contributed by atoms with van der Waals surface area (Å²) >= 11 is 0. The Balaban J connectivity index is 1.79. The summed E-state index contributed by atoms with van der Waals surface area (Å²) in [7, 11) is 0. The lowest BCUT2D eigenvalue weighted by Gasteiger charge is -2.25. The number of benzene rings is 1. The molecule has 100 valence electrons. The first kappa shape index (κ1) is 12.2. The third kappa shape index (κ3) is 2.61. The lowest BCUT2D eigenvalue weighted by atomic mass is 10.1. The predicted molar refractivity (Wildman–Crippen MR) is 76.3 cm³/mol. The zero-order chi connectivity index (χ0) is 13.1. The minimum atomic E-state index is 0.802. The molecule has 0 atom stereocenters. The topological polar surface area (TPSA) is 56.8 Å². The molecule has 0 unspecified atom stereocenters. The zero-order valence-corrected chi connectivity index (χ0v) is 11.2. The standard InChI is InChI=1S/C14H19N5/c1-2-11-3-5-12(6-4-11)13-16-14(18-17-13)19-9-7-15-8-10-19/h3-6,15H,2,7-10H2,1H3,(H,16,17,18). The molecule has 0 radical (unpaired) electrons. The van der Waals surface area contributed by atoms with Crippen LogP contribution in [0.25, 0.3) is 11.4 Å². The van der Waals surface area contributed by atoms with Crippen molar-refractivity contribution < 1.29 is 0 Å². The van der Waals surface area contributed by atoms with Gasteiger partial charge in [0.25, 0.3) is 0 Å². The molecule has 19 heavy (non-hydrogen) atoms. The van der Waals surface area contributed by atoms with E-state index >= 15 is 0 Å². The van der Waals surface area contributed by atoms with Gasteiger partial charge in [-0.2, -0.15) is 4.98 Å². The van der Waals surface area contributed by atoms with Crippen LogP contribution in [0.4, 0.5) is 5.95 Å². The van der Waals surface area contributed by atoms with Crippen molar-refractivity contribution in [1.82, 2.24) is 20.5 Å². The van der Waals surface area contributed by atoms with E-state index in [-0.39, 0.29) is 0 Å². The lowest BCUT2D eigenvalue weighted by Crippen LogP contribution is -2.44. The fourth-order valence-electron chi connectivity index (χ4n) is 2.29. The Labute approximate surface area is 113 Å². The Morgan fingerprint density at radius 2 is 1.89 bits per heavy atom. The molecule has 5 heteroatoms. The summed E-state index contributed by atoms with van der Waals surface area (Å²) in [5, 5.41) is 10.7. The normalized spacial score (nSPS) is 15.7. The third-order valence-electron chi connectivity index (χ3n) is 3.51. The van der Waals surface area contributed by atoms with Crippen LogP contribution < -0.4 is 10.2 Å². The average Bonchev–Trinajstić information content (AvgIpc) is 2.98. The Bertz CT molecular complexity index is 525. The number of piperazine rings is 1. The highest BCUT2D eigenvalue weighted by Gasteiger charge is 2.15. The summed E-state index contributed by atoms with van der Waals surface area (Å²) in [6, 6.07) is 8.48. The van der Waals surface area contributed by atoms with E-state index in [2.05, 4.69) is 56.6 Å². The van der Waals surface area contributed by atoms with Gasteiger partial charge in [-0.05, 0) is 12.0 Å². The van der Waals surface area contributed by atoms with Gasteiger partial charge in [0, 0.05) is 31.7 Å². The average molecular weight is 257 g/mol. The van der Waals surface area contributed by atoms with Gasteiger partial charge in [0.1, 0.15) is 0 Å². The number of nitrogens with one attached hydrogen (secondary N) is 2. The number of H-pyrrole nitrogens is 1. The van der Waals surface area contributed by atoms with Crippen molar-refractivity contribution in [2.45, 2.75) is 13.3 Å². The smallest absolute Gasteiger partial charge is 0.245 e. The van der Waals surface area contributed by atoms with E-state index in [0.29, 0.717) is 0 Å². The number of anilines is 1. The Morgan fingerprint density at radius 3 is 2.58 bits per heavy atom. The molecule has 2 aromatic rings. The zero-order valence-electron chi connectivity index (χ0n) is 11.2. The number of nitrogens with zero attached hydrogens (tertiary/aromatic N) is 3. The molecule has 0 saturated carbocycles. The number of hydrogen-bond acceptors (Lipinski definition) is 4. The molecule has 1 saturated heterocycles. The number of rotatable bonds is 3. The van der Waals surface area contributed by atoms with E-state index in [0.717, 1.165) is 49.9 Å². The molecule has 2 heterocycles. The fraction of sp³-hybridized carbons (Fsp3) is 0.429. The Kier molecular flexibility index (Phi) is 3.46. The third-order valence-corrected chi connectivity index (χ3v) is 3.51. The predicted octanol–water partition coefficient (Wildman–Crippen LogP) is 1.44. The van der Waals surface area contributed by atoms with Crippen LogP contribution in [0, 0.1) is 0 Å². The lowest BCUT2D eigenvalue weighted by molar-refractivity contribution is 0.580. The molecule has 2 N–H and O–H groups in total. The minimum absolute atomic E-state index is 0.802.